The molecule has 0 aliphatic carbocycles. The fourth-order valence-electron chi connectivity index (χ4n) is 5.96. The Balaban J connectivity index is 1.39. The molecule has 4 aliphatic rings. The Bertz CT molecular complexity index is 897. The van der Waals surface area contributed by atoms with E-state index in [-0.39, 0.29) is 53.5 Å². The molecule has 0 aromatic carbocycles. The molecule has 0 aromatic rings. The minimum atomic E-state index is -1.38. The Morgan fingerprint density at radius 2 is 2.09 bits per heavy atom. The van der Waals surface area contributed by atoms with Gasteiger partial charge in [0.1, 0.15) is 19.3 Å². The van der Waals surface area contributed by atoms with E-state index in [0.29, 0.717) is 42.0 Å². The first kappa shape index (κ1) is 25.4. The number of fused-ring (bicyclic) bond motifs is 1. The van der Waals surface area contributed by atoms with Crippen LogP contribution in [0.3, 0.4) is 0 Å². The number of quaternary nitrogens is 1. The number of alkyl halides is 1. The van der Waals surface area contributed by atoms with E-state index in [0.717, 1.165) is 6.42 Å². The van der Waals surface area contributed by atoms with Gasteiger partial charge in [-0.05, 0) is 13.3 Å². The van der Waals surface area contributed by atoms with Crippen LogP contribution in [0.25, 0.3) is 0 Å². The fraction of sp³-hybridized carbons (Fsp3) is 0.783. The van der Waals surface area contributed by atoms with Gasteiger partial charge < -0.3 is 34.6 Å². The molecule has 0 bridgehead atoms. The number of nitrogens with one attached hydrogen (secondary N) is 1. The van der Waals surface area contributed by atoms with Gasteiger partial charge in [0.25, 0.3) is 0 Å². The second kappa shape index (κ2) is 9.40. The highest BCUT2D eigenvalue weighted by Gasteiger charge is 2.59. The molecule has 3 saturated heterocycles. The standard InChI is InChI=1S/C23H35FN4O5S/c1-12-18-17(13(2)29)22(31)27(18)19(23(32)33)20(12)34-15-9-16(25-10-15)21(30)26-7-5-14(11-26)28(3,4)8-6-24/h12-18,25,29H,5-11H2,1-4H3/t12?,13?,14?,15?,16?,17?,18-/m1/s1. The van der Waals surface area contributed by atoms with Crippen molar-refractivity contribution < 1.29 is 33.5 Å². The van der Waals surface area contributed by atoms with E-state index in [1.165, 1.54) is 16.7 Å². The number of aliphatic carboxylic acids is 1. The molecule has 0 spiro atoms. The Morgan fingerprint density at radius 3 is 2.71 bits per heavy atom. The SMILES string of the molecule is CC(O)C1C(=O)N2C(C(=O)[O-])=C(SC3CNC(C(=O)N4CCC([N+](C)(C)CCF)C4)C3)C(C)[C@H]12. The molecule has 0 aromatic heterocycles. The molecular weight excluding hydrogens is 463 g/mol. The van der Waals surface area contributed by atoms with Crippen molar-refractivity contribution in [3.8, 4) is 0 Å². The molecule has 7 atom stereocenters. The third-order valence-corrected chi connectivity index (χ3v) is 9.62. The number of amides is 2. The lowest BCUT2D eigenvalue weighted by molar-refractivity contribution is -0.912. The molecular formula is C23H35FN4O5S. The summed E-state index contributed by atoms with van der Waals surface area (Å²) in [6, 6.07) is -0.507. The summed E-state index contributed by atoms with van der Waals surface area (Å²) in [5, 5.41) is 25.2. The molecule has 6 unspecified atom stereocenters. The monoisotopic (exact) mass is 498 g/mol. The molecule has 2 N–H and O–H groups in total. The van der Waals surface area contributed by atoms with Crippen molar-refractivity contribution >= 4 is 29.5 Å². The van der Waals surface area contributed by atoms with Crippen LogP contribution >= 0.6 is 11.8 Å². The smallest absolute Gasteiger partial charge is 0.239 e. The van der Waals surface area contributed by atoms with Gasteiger partial charge in [-0.15, -0.1) is 11.8 Å². The average Bonchev–Trinajstić information content (AvgIpc) is 3.46. The second-order valence-electron chi connectivity index (χ2n) is 10.6. The van der Waals surface area contributed by atoms with E-state index in [1.807, 2.05) is 25.9 Å². The number of rotatable bonds is 8. The van der Waals surface area contributed by atoms with E-state index in [1.54, 1.807) is 6.92 Å². The summed E-state index contributed by atoms with van der Waals surface area (Å²) in [5.41, 5.74) is -0.0885. The lowest BCUT2D eigenvalue weighted by Gasteiger charge is -2.47. The van der Waals surface area contributed by atoms with Crippen LogP contribution in [0.1, 0.15) is 26.7 Å². The number of nitrogens with zero attached hydrogens (tertiary/aromatic N) is 3. The fourth-order valence-corrected chi connectivity index (χ4v) is 7.44. The number of carbonyl (C=O) groups excluding carboxylic acids is 3. The first-order valence-corrected chi connectivity index (χ1v) is 12.9. The Kier molecular flexibility index (Phi) is 7.03. The summed E-state index contributed by atoms with van der Waals surface area (Å²) in [7, 11) is 4.00. The predicted molar refractivity (Wildman–Crippen MR) is 123 cm³/mol. The van der Waals surface area contributed by atoms with Gasteiger partial charge in [-0.2, -0.15) is 0 Å². The average molecular weight is 499 g/mol. The maximum atomic E-state index is 13.1. The van der Waals surface area contributed by atoms with Gasteiger partial charge in [0.2, 0.25) is 11.8 Å². The van der Waals surface area contributed by atoms with Crippen molar-refractivity contribution in [2.45, 2.75) is 56.2 Å². The van der Waals surface area contributed by atoms with Gasteiger partial charge >= 0.3 is 0 Å². The molecule has 11 heteroatoms. The van der Waals surface area contributed by atoms with Crippen molar-refractivity contribution in [1.82, 2.24) is 15.1 Å². The third-order valence-electron chi connectivity index (χ3n) is 8.11. The molecule has 0 radical (unpaired) electrons. The molecule has 2 amide bonds. The lowest BCUT2D eigenvalue weighted by Crippen LogP contribution is -2.64. The van der Waals surface area contributed by atoms with E-state index >= 15 is 0 Å². The molecule has 4 rings (SSSR count). The maximum absolute atomic E-state index is 13.1. The Hall–Kier alpha value is -1.69. The van der Waals surface area contributed by atoms with E-state index < -0.39 is 18.0 Å². The lowest BCUT2D eigenvalue weighted by atomic mass is 9.79. The number of hydrogen-bond donors (Lipinski definition) is 2. The van der Waals surface area contributed by atoms with Gasteiger partial charge in [0, 0.05) is 35.6 Å². The summed E-state index contributed by atoms with van der Waals surface area (Å²) < 4.78 is 13.5. The highest BCUT2D eigenvalue weighted by atomic mass is 32.2. The predicted octanol–water partition coefficient (Wildman–Crippen LogP) is -1.08. The maximum Gasteiger partial charge on any atom is 0.239 e. The highest BCUT2D eigenvalue weighted by molar-refractivity contribution is 8.03. The summed E-state index contributed by atoms with van der Waals surface area (Å²) in [6.07, 6.45) is 0.553. The number of thioether (sulfide) groups is 1. The van der Waals surface area contributed by atoms with Gasteiger partial charge in [0.05, 0.1) is 56.4 Å². The van der Waals surface area contributed by atoms with Crippen molar-refractivity contribution in [1.29, 1.82) is 0 Å². The van der Waals surface area contributed by atoms with Crippen LogP contribution in [0.4, 0.5) is 4.39 Å². The van der Waals surface area contributed by atoms with Crippen molar-refractivity contribution in [2.24, 2.45) is 11.8 Å². The van der Waals surface area contributed by atoms with E-state index in [9.17, 15) is 29.0 Å². The quantitative estimate of drug-likeness (QED) is 0.323. The van der Waals surface area contributed by atoms with E-state index in [4.69, 9.17) is 0 Å². The number of hydrogen-bond acceptors (Lipinski definition) is 7. The highest BCUT2D eigenvalue weighted by Crippen LogP contribution is 2.51. The zero-order valence-corrected chi connectivity index (χ0v) is 21.0. The number of likely N-dealkylation sites (tertiary alicyclic amines) is 1. The molecule has 4 aliphatic heterocycles. The first-order valence-electron chi connectivity index (χ1n) is 12.0. The second-order valence-corrected chi connectivity index (χ2v) is 12.0. The molecule has 4 heterocycles. The zero-order valence-electron chi connectivity index (χ0n) is 20.2. The number of aliphatic hydroxyl groups excluding tert-OH is 1. The summed E-state index contributed by atoms with van der Waals surface area (Å²) in [4.78, 5) is 41.3. The number of β-lactam (4-membered cyclic amide) rings is 1. The largest absolute Gasteiger partial charge is 0.543 e. The van der Waals surface area contributed by atoms with Crippen molar-refractivity contribution in [3.63, 3.8) is 0 Å². The number of halogens is 1. The van der Waals surface area contributed by atoms with Crippen LogP contribution in [0.15, 0.2) is 10.6 Å². The van der Waals surface area contributed by atoms with Crippen LogP contribution < -0.4 is 10.4 Å². The van der Waals surface area contributed by atoms with Crippen LogP contribution in [-0.4, -0.2) is 114 Å². The summed E-state index contributed by atoms with van der Waals surface area (Å²) in [6.45, 7) is 5.29. The number of carbonyl (C=O) groups is 3. The number of aliphatic hydroxyl groups is 1. The first-order chi connectivity index (χ1) is 16.0. The van der Waals surface area contributed by atoms with Crippen LogP contribution in [-0.2, 0) is 14.4 Å². The molecule has 190 valence electrons. The van der Waals surface area contributed by atoms with Crippen molar-refractivity contribution in [3.05, 3.63) is 10.6 Å². The van der Waals surface area contributed by atoms with Crippen molar-refractivity contribution in [2.75, 3.05) is 46.9 Å². The van der Waals surface area contributed by atoms with Gasteiger partial charge in [0.15, 0.2) is 0 Å². The van der Waals surface area contributed by atoms with E-state index in [2.05, 4.69) is 5.32 Å². The number of carboxylic acids is 1. The molecule has 9 nitrogen and oxygen atoms in total. The summed E-state index contributed by atoms with van der Waals surface area (Å²) >= 11 is 1.40. The van der Waals surface area contributed by atoms with Gasteiger partial charge in [-0.25, -0.2) is 4.39 Å². The van der Waals surface area contributed by atoms with Gasteiger partial charge in [-0.3, -0.25) is 9.59 Å². The third kappa shape index (κ3) is 4.25. The topological polar surface area (TPSA) is 113 Å². The number of carboxylic acid groups (broad SMARTS) is 1. The van der Waals surface area contributed by atoms with Crippen LogP contribution in [0.2, 0.25) is 0 Å². The van der Waals surface area contributed by atoms with Crippen LogP contribution in [0, 0.1) is 11.8 Å². The van der Waals surface area contributed by atoms with Crippen LogP contribution in [0.5, 0.6) is 0 Å². The number of likely N-dealkylation sites (N-methyl/N-ethyl adjacent to an activating group) is 1. The normalized spacial score (nSPS) is 34.5. The summed E-state index contributed by atoms with van der Waals surface area (Å²) in [5.74, 6) is -2.56. The molecule has 3 fully saturated rings. The molecule has 34 heavy (non-hydrogen) atoms. The molecule has 0 saturated carbocycles. The zero-order chi connectivity index (χ0) is 24.9. The minimum absolute atomic E-state index is 0.0169. The Labute approximate surface area is 203 Å². The Morgan fingerprint density at radius 1 is 1.38 bits per heavy atom. The minimum Gasteiger partial charge on any atom is -0.543 e. The van der Waals surface area contributed by atoms with Gasteiger partial charge in [-0.1, -0.05) is 6.92 Å².